The number of carbonyl (C=O) groups excluding carboxylic acids is 4. The van der Waals surface area contributed by atoms with Crippen molar-refractivity contribution in [1.82, 2.24) is 0 Å². The highest BCUT2D eigenvalue weighted by Gasteiger charge is 2.30. The number of unbranched alkanes of at least 4 members (excludes halogenated alkanes) is 33. The molecule has 17 nitrogen and oxygen atoms in total. The Balaban J connectivity index is 5.26. The van der Waals surface area contributed by atoms with Gasteiger partial charge in [0.25, 0.3) is 0 Å². The van der Waals surface area contributed by atoms with Gasteiger partial charge in [-0.05, 0) is 49.4 Å². The summed E-state index contributed by atoms with van der Waals surface area (Å²) in [6.45, 7) is 14.1. The second-order valence-corrected chi connectivity index (χ2v) is 30.2. The normalized spacial score (nSPS) is 14.6. The van der Waals surface area contributed by atoms with Gasteiger partial charge >= 0.3 is 39.5 Å². The summed E-state index contributed by atoms with van der Waals surface area (Å²) in [7, 11) is -9.90. The van der Waals surface area contributed by atoms with Crippen molar-refractivity contribution in [1.29, 1.82) is 0 Å². The topological polar surface area (TPSA) is 237 Å². The minimum absolute atomic E-state index is 0.103. The summed E-state index contributed by atoms with van der Waals surface area (Å²) < 4.78 is 68.3. The molecule has 0 aromatic heterocycles. The molecule has 0 bridgehead atoms. The van der Waals surface area contributed by atoms with Gasteiger partial charge in [-0.2, -0.15) is 0 Å². The third-order valence-corrected chi connectivity index (χ3v) is 18.6. The number of hydrogen-bond donors (Lipinski definition) is 3. The smallest absolute Gasteiger partial charge is 0.462 e. The number of aliphatic hydroxyl groups excluding tert-OH is 1. The van der Waals surface area contributed by atoms with E-state index >= 15 is 0 Å². The molecule has 0 fully saturated rings. The lowest BCUT2D eigenvalue weighted by Crippen LogP contribution is -2.30. The molecule has 4 unspecified atom stereocenters. The van der Waals surface area contributed by atoms with E-state index in [4.69, 9.17) is 37.0 Å². The molecular weight excluding hydrogens is 1190 g/mol. The summed E-state index contributed by atoms with van der Waals surface area (Å²) in [5, 5.41) is 10.6. The minimum Gasteiger partial charge on any atom is -0.462 e. The fourth-order valence-electron chi connectivity index (χ4n) is 10.6. The van der Waals surface area contributed by atoms with Gasteiger partial charge in [0.05, 0.1) is 26.4 Å². The van der Waals surface area contributed by atoms with Crippen LogP contribution in [0.1, 0.15) is 351 Å². The van der Waals surface area contributed by atoms with E-state index in [1.807, 2.05) is 0 Å². The van der Waals surface area contributed by atoms with Crippen LogP contribution in [0.3, 0.4) is 0 Å². The number of aliphatic hydroxyl groups is 1. The molecule has 3 N–H and O–H groups in total. The van der Waals surface area contributed by atoms with Crippen LogP contribution in [-0.4, -0.2) is 96.7 Å². The average molecular weight is 1330 g/mol. The van der Waals surface area contributed by atoms with Gasteiger partial charge in [-0.1, -0.05) is 299 Å². The van der Waals surface area contributed by atoms with Crippen molar-refractivity contribution in [3.8, 4) is 0 Å². The molecule has 0 saturated heterocycles. The SMILES string of the molecule is CCC(C)CCCCCCCCCCCCC(=O)O[C@H](COC(=O)CCCCCCCCCCCCCCC(C)C)COP(=O)(O)OCC(O)COP(=O)(O)OC[C@@H](COC(=O)CCCCCCCCCC(C)C)OC(=O)CCCCCCCCCCC(C)C. The quantitative estimate of drug-likeness (QED) is 0.0222. The number of phosphoric acid groups is 2. The van der Waals surface area contributed by atoms with Gasteiger partial charge in [0.1, 0.15) is 19.3 Å². The Morgan fingerprint density at radius 3 is 0.789 bits per heavy atom. The summed E-state index contributed by atoms with van der Waals surface area (Å²) in [5.41, 5.74) is 0. The van der Waals surface area contributed by atoms with E-state index in [0.717, 1.165) is 114 Å². The Kier molecular flexibility index (Phi) is 59.4. The number of esters is 4. The maximum absolute atomic E-state index is 13.0. The van der Waals surface area contributed by atoms with E-state index in [9.17, 15) is 43.2 Å². The Morgan fingerprint density at radius 1 is 0.311 bits per heavy atom. The van der Waals surface area contributed by atoms with Crippen molar-refractivity contribution in [3.05, 3.63) is 0 Å². The zero-order chi connectivity index (χ0) is 66.8. The first-order chi connectivity index (χ1) is 43.1. The lowest BCUT2D eigenvalue weighted by atomic mass is 9.99. The molecule has 0 radical (unpaired) electrons. The molecule has 0 saturated carbocycles. The maximum Gasteiger partial charge on any atom is 0.472 e. The van der Waals surface area contributed by atoms with Crippen LogP contribution >= 0.6 is 15.6 Å². The van der Waals surface area contributed by atoms with Gasteiger partial charge in [0.2, 0.25) is 0 Å². The summed E-state index contributed by atoms with van der Waals surface area (Å²) in [5.74, 6) is 0.878. The standard InChI is InChI=1S/C71H138O17P2/c1-9-64(8)50-42-34-26-17-14-15-19-28-37-45-53-70(75)87-66(57-81-68(73)51-43-35-27-18-13-11-10-12-16-23-31-39-47-61(2)3)59-85-89(77,78)83-55-65(72)56-84-90(79,80)86-60-67(58-82-69(74)52-44-36-30-22-25-33-41-49-63(6)7)88-71(76)54-46-38-29-21-20-24-32-40-48-62(4)5/h61-67,72H,9-60H2,1-8H3,(H,77,78)(H,79,80)/t64?,65?,66-,67-/m1/s1. The third kappa shape index (κ3) is 63.5. The van der Waals surface area contributed by atoms with Crippen LogP contribution in [0.4, 0.5) is 0 Å². The number of hydrogen-bond acceptors (Lipinski definition) is 15. The monoisotopic (exact) mass is 1320 g/mol. The van der Waals surface area contributed by atoms with E-state index < -0.39 is 97.5 Å². The van der Waals surface area contributed by atoms with Gasteiger partial charge in [-0.15, -0.1) is 0 Å². The lowest BCUT2D eigenvalue weighted by Gasteiger charge is -2.21. The third-order valence-electron chi connectivity index (χ3n) is 16.7. The lowest BCUT2D eigenvalue weighted by molar-refractivity contribution is -0.161. The first-order valence-electron chi connectivity index (χ1n) is 36.7. The van der Waals surface area contributed by atoms with E-state index in [0.29, 0.717) is 31.6 Å². The highest BCUT2D eigenvalue weighted by atomic mass is 31.2. The van der Waals surface area contributed by atoms with Gasteiger partial charge < -0.3 is 33.8 Å². The number of ether oxygens (including phenoxy) is 4. The van der Waals surface area contributed by atoms with Crippen LogP contribution in [-0.2, 0) is 65.4 Å². The van der Waals surface area contributed by atoms with E-state index in [-0.39, 0.29) is 25.7 Å². The molecule has 0 amide bonds. The zero-order valence-electron chi connectivity index (χ0n) is 58.8. The maximum atomic E-state index is 13.0. The van der Waals surface area contributed by atoms with Crippen molar-refractivity contribution < 1.29 is 80.2 Å². The summed E-state index contributed by atoms with van der Waals surface area (Å²) in [4.78, 5) is 72.6. The molecule has 0 aliphatic rings. The Labute approximate surface area is 549 Å². The molecule has 0 aliphatic heterocycles. The zero-order valence-corrected chi connectivity index (χ0v) is 60.6. The van der Waals surface area contributed by atoms with Crippen LogP contribution in [0, 0.1) is 23.7 Å². The first-order valence-corrected chi connectivity index (χ1v) is 39.7. The molecule has 534 valence electrons. The molecule has 90 heavy (non-hydrogen) atoms. The van der Waals surface area contributed by atoms with Crippen LogP contribution in [0.25, 0.3) is 0 Å². The second-order valence-electron chi connectivity index (χ2n) is 27.3. The molecule has 19 heteroatoms. The predicted molar refractivity (Wildman–Crippen MR) is 363 cm³/mol. The fraction of sp³-hybridized carbons (Fsp3) is 0.944. The molecule has 0 aromatic rings. The highest BCUT2D eigenvalue weighted by molar-refractivity contribution is 7.47. The van der Waals surface area contributed by atoms with Crippen molar-refractivity contribution >= 4 is 39.5 Å². The number of carbonyl (C=O) groups is 4. The van der Waals surface area contributed by atoms with Gasteiger partial charge in [-0.25, -0.2) is 9.13 Å². The molecule has 6 atom stereocenters. The van der Waals surface area contributed by atoms with Crippen LogP contribution in [0.2, 0.25) is 0 Å². The van der Waals surface area contributed by atoms with Crippen molar-refractivity contribution in [2.24, 2.45) is 23.7 Å². The molecule has 0 rings (SSSR count). The van der Waals surface area contributed by atoms with Crippen LogP contribution in [0.5, 0.6) is 0 Å². The second kappa shape index (κ2) is 60.7. The minimum atomic E-state index is -4.95. The molecular formula is C71H138O17P2. The Hall–Kier alpha value is -1.94. The number of phosphoric ester groups is 2. The van der Waals surface area contributed by atoms with E-state index in [1.54, 1.807) is 0 Å². The van der Waals surface area contributed by atoms with E-state index in [2.05, 4.69) is 55.4 Å². The van der Waals surface area contributed by atoms with Gasteiger partial charge in [0, 0.05) is 25.7 Å². The van der Waals surface area contributed by atoms with Gasteiger partial charge in [0.15, 0.2) is 12.2 Å². The average Bonchev–Trinajstić information content (AvgIpc) is 3.69. The Bertz CT molecular complexity index is 1780. The van der Waals surface area contributed by atoms with Crippen LogP contribution < -0.4 is 0 Å². The molecule has 0 aromatic carbocycles. The van der Waals surface area contributed by atoms with E-state index in [1.165, 1.54) is 148 Å². The largest absolute Gasteiger partial charge is 0.472 e. The predicted octanol–water partition coefficient (Wildman–Crippen LogP) is 20.1. The first kappa shape index (κ1) is 88.1. The summed E-state index contributed by atoms with van der Waals surface area (Å²) in [6, 6.07) is 0. The summed E-state index contributed by atoms with van der Waals surface area (Å²) in [6.07, 6.45) is 43.1. The summed E-state index contributed by atoms with van der Waals surface area (Å²) >= 11 is 0. The molecule has 0 spiro atoms. The molecule has 0 heterocycles. The van der Waals surface area contributed by atoms with Crippen LogP contribution in [0.15, 0.2) is 0 Å². The van der Waals surface area contributed by atoms with Crippen molar-refractivity contribution in [3.63, 3.8) is 0 Å². The number of rotatable bonds is 68. The van der Waals surface area contributed by atoms with Crippen molar-refractivity contribution in [2.45, 2.75) is 369 Å². The van der Waals surface area contributed by atoms with Crippen molar-refractivity contribution in [2.75, 3.05) is 39.6 Å². The fourth-order valence-corrected chi connectivity index (χ4v) is 12.2. The Morgan fingerprint density at radius 2 is 0.533 bits per heavy atom. The molecule has 0 aliphatic carbocycles. The highest BCUT2D eigenvalue weighted by Crippen LogP contribution is 2.45. The van der Waals surface area contributed by atoms with Gasteiger partial charge in [-0.3, -0.25) is 37.3 Å².